The second kappa shape index (κ2) is 3.02. The number of pyridine rings is 1. The molecule has 0 N–H and O–H groups in total. The Balaban J connectivity index is 2.62. The third kappa shape index (κ3) is 1.53. The first-order valence-electron chi connectivity index (χ1n) is 3.45. The summed E-state index contributed by atoms with van der Waals surface area (Å²) in [6.45, 7) is -2.62. The first-order chi connectivity index (χ1) is 6.16. The van der Waals surface area contributed by atoms with Gasteiger partial charge in [-0.05, 0) is 22.0 Å². The largest absolute Gasteiger partial charge is 0.333 e. The van der Waals surface area contributed by atoms with Gasteiger partial charge in [-0.1, -0.05) is 0 Å². The maximum atomic E-state index is 12.2. The minimum atomic E-state index is -2.62. The Morgan fingerprint density at radius 1 is 1.46 bits per heavy atom. The molecule has 0 aromatic carbocycles. The maximum absolute atomic E-state index is 12.2. The summed E-state index contributed by atoms with van der Waals surface area (Å²) in [4.78, 5) is 3.87. The summed E-state index contributed by atoms with van der Waals surface area (Å²) in [5.41, 5.74) is 0.323. The Bertz CT molecular complexity index is 440. The van der Waals surface area contributed by atoms with Crippen molar-refractivity contribution in [2.45, 2.75) is 6.55 Å². The van der Waals surface area contributed by atoms with Crippen LogP contribution in [0.4, 0.5) is 8.78 Å². The van der Waals surface area contributed by atoms with Gasteiger partial charge in [0.25, 0.3) is 0 Å². The fraction of sp³-hybridized carbons (Fsp3) is 0.143. The molecule has 6 heteroatoms. The van der Waals surface area contributed by atoms with Crippen molar-refractivity contribution < 1.29 is 8.78 Å². The summed E-state index contributed by atoms with van der Waals surface area (Å²) in [7, 11) is 0. The molecular weight excluding hydrogens is 244 g/mol. The average Bonchev–Trinajstić information content (AvgIpc) is 2.46. The van der Waals surface area contributed by atoms with Gasteiger partial charge in [-0.15, -0.1) is 5.10 Å². The highest BCUT2D eigenvalue weighted by Gasteiger charge is 2.09. The van der Waals surface area contributed by atoms with Gasteiger partial charge in [0.15, 0.2) is 5.65 Å². The van der Waals surface area contributed by atoms with E-state index in [1.165, 1.54) is 12.4 Å². The molecule has 13 heavy (non-hydrogen) atoms. The number of fused-ring (bicyclic) bond motifs is 1. The molecule has 0 aliphatic heterocycles. The van der Waals surface area contributed by atoms with Crippen LogP contribution in [0.1, 0.15) is 6.55 Å². The zero-order valence-electron chi connectivity index (χ0n) is 6.28. The van der Waals surface area contributed by atoms with Gasteiger partial charge in [-0.2, -0.15) is 8.78 Å². The number of hydrogen-bond acceptors (Lipinski definition) is 2. The molecule has 0 fully saturated rings. The van der Waals surface area contributed by atoms with Gasteiger partial charge in [-0.25, -0.2) is 9.67 Å². The second-order valence-electron chi connectivity index (χ2n) is 2.45. The predicted molar refractivity (Wildman–Crippen MR) is 46.5 cm³/mol. The molecule has 0 spiro atoms. The van der Waals surface area contributed by atoms with Gasteiger partial charge < -0.3 is 0 Å². The van der Waals surface area contributed by atoms with E-state index in [2.05, 4.69) is 26.0 Å². The molecule has 3 nitrogen and oxygen atoms in total. The van der Waals surface area contributed by atoms with Crippen LogP contribution in [0, 0.1) is 0 Å². The van der Waals surface area contributed by atoms with Crippen LogP contribution in [0.2, 0.25) is 0 Å². The highest BCUT2D eigenvalue weighted by molar-refractivity contribution is 9.10. The summed E-state index contributed by atoms with van der Waals surface area (Å²) in [6, 6.07) is 1.69. The molecular formula is C7H4BrF2N3. The van der Waals surface area contributed by atoms with E-state index in [0.29, 0.717) is 15.7 Å². The molecule has 0 radical (unpaired) electrons. The number of hydrogen-bond donors (Lipinski definition) is 0. The van der Waals surface area contributed by atoms with Gasteiger partial charge in [-0.3, -0.25) is 0 Å². The van der Waals surface area contributed by atoms with Crippen molar-refractivity contribution in [3.8, 4) is 0 Å². The van der Waals surface area contributed by atoms with Crippen LogP contribution in [-0.4, -0.2) is 14.8 Å². The topological polar surface area (TPSA) is 30.7 Å². The van der Waals surface area contributed by atoms with Crippen molar-refractivity contribution in [2.75, 3.05) is 0 Å². The molecule has 0 saturated heterocycles. The monoisotopic (exact) mass is 247 g/mol. The second-order valence-corrected chi connectivity index (χ2v) is 3.37. The fourth-order valence-electron chi connectivity index (χ4n) is 1.01. The van der Waals surface area contributed by atoms with E-state index in [-0.39, 0.29) is 0 Å². The van der Waals surface area contributed by atoms with Crippen molar-refractivity contribution >= 4 is 27.0 Å². The van der Waals surface area contributed by atoms with Crippen LogP contribution in [-0.2, 0) is 0 Å². The molecule has 0 atom stereocenters. The molecule has 2 aromatic heterocycles. The Morgan fingerprint density at radius 2 is 2.23 bits per heavy atom. The third-order valence-corrected chi connectivity index (χ3v) is 1.98. The van der Waals surface area contributed by atoms with Gasteiger partial charge in [0.05, 0.1) is 0 Å². The number of halogens is 3. The van der Waals surface area contributed by atoms with Crippen LogP contribution in [0.25, 0.3) is 11.0 Å². The number of alkyl halides is 2. The van der Waals surface area contributed by atoms with E-state index in [1.54, 1.807) is 6.07 Å². The van der Waals surface area contributed by atoms with Crippen LogP contribution in [0.15, 0.2) is 22.9 Å². The minimum absolute atomic E-state index is 0.323. The standard InChI is InChI=1S/C7H4BrF2N3/c8-5-1-4-3-13(7(9)10)12-6(4)11-2-5/h1-3,7H. The smallest absolute Gasteiger partial charge is 0.234 e. The summed E-state index contributed by atoms with van der Waals surface area (Å²) >= 11 is 3.19. The lowest BCUT2D eigenvalue weighted by molar-refractivity contribution is 0.0573. The van der Waals surface area contributed by atoms with E-state index in [0.717, 1.165) is 4.47 Å². The van der Waals surface area contributed by atoms with E-state index in [9.17, 15) is 8.78 Å². The van der Waals surface area contributed by atoms with Crippen LogP contribution < -0.4 is 0 Å². The molecule has 68 valence electrons. The van der Waals surface area contributed by atoms with Crippen molar-refractivity contribution in [3.05, 3.63) is 22.9 Å². The van der Waals surface area contributed by atoms with Gasteiger partial charge in [0, 0.05) is 22.3 Å². The Kier molecular flexibility index (Phi) is 1.99. The lowest BCUT2D eigenvalue weighted by Crippen LogP contribution is -1.97. The van der Waals surface area contributed by atoms with Crippen molar-refractivity contribution in [2.24, 2.45) is 0 Å². The van der Waals surface area contributed by atoms with Gasteiger partial charge in [0.1, 0.15) is 0 Å². The molecule has 2 heterocycles. The van der Waals surface area contributed by atoms with E-state index in [4.69, 9.17) is 0 Å². The summed E-state index contributed by atoms with van der Waals surface area (Å²) in [6.07, 6.45) is 2.78. The van der Waals surface area contributed by atoms with E-state index >= 15 is 0 Å². The molecule has 0 amide bonds. The number of rotatable bonds is 1. The molecule has 0 aliphatic carbocycles. The molecule has 0 unspecified atom stereocenters. The van der Waals surface area contributed by atoms with Crippen LogP contribution >= 0.6 is 15.9 Å². The zero-order valence-corrected chi connectivity index (χ0v) is 7.87. The van der Waals surface area contributed by atoms with Crippen molar-refractivity contribution in [1.82, 2.24) is 14.8 Å². The zero-order chi connectivity index (χ0) is 9.42. The first kappa shape index (κ1) is 8.55. The van der Waals surface area contributed by atoms with Gasteiger partial charge >= 0.3 is 6.55 Å². The molecule has 0 bridgehead atoms. The van der Waals surface area contributed by atoms with Crippen molar-refractivity contribution in [1.29, 1.82) is 0 Å². The highest BCUT2D eigenvalue weighted by Crippen LogP contribution is 2.18. The summed E-state index contributed by atoms with van der Waals surface area (Å²) in [5, 5.41) is 4.18. The Hall–Kier alpha value is -1.04. The number of aromatic nitrogens is 3. The Labute approximate surface area is 80.5 Å². The van der Waals surface area contributed by atoms with Crippen molar-refractivity contribution in [3.63, 3.8) is 0 Å². The first-order valence-corrected chi connectivity index (χ1v) is 4.24. The lowest BCUT2D eigenvalue weighted by atomic mass is 10.4. The molecule has 0 saturated carbocycles. The SMILES string of the molecule is FC(F)n1cc2cc(Br)cnc2n1. The third-order valence-electron chi connectivity index (χ3n) is 1.54. The summed E-state index contributed by atoms with van der Waals surface area (Å²) in [5.74, 6) is 0. The quantitative estimate of drug-likeness (QED) is 0.776. The van der Waals surface area contributed by atoms with Gasteiger partial charge in [0.2, 0.25) is 0 Å². The molecule has 2 rings (SSSR count). The molecule has 0 aliphatic rings. The minimum Gasteiger partial charge on any atom is -0.234 e. The van der Waals surface area contributed by atoms with Crippen LogP contribution in [0.3, 0.4) is 0 Å². The summed E-state index contributed by atoms with van der Waals surface area (Å²) < 4.78 is 25.7. The average molecular weight is 248 g/mol. The van der Waals surface area contributed by atoms with E-state index in [1.807, 2.05) is 0 Å². The highest BCUT2D eigenvalue weighted by atomic mass is 79.9. The Morgan fingerprint density at radius 3 is 2.92 bits per heavy atom. The van der Waals surface area contributed by atoms with E-state index < -0.39 is 6.55 Å². The maximum Gasteiger partial charge on any atom is 0.333 e. The number of nitrogens with zero attached hydrogens (tertiary/aromatic N) is 3. The fourth-order valence-corrected chi connectivity index (χ4v) is 1.36. The normalized spacial score (nSPS) is 11.4. The predicted octanol–water partition coefficient (Wildman–Crippen LogP) is 2.59. The van der Waals surface area contributed by atoms with Crippen LogP contribution in [0.5, 0.6) is 0 Å². The molecule has 2 aromatic rings. The lowest BCUT2D eigenvalue weighted by Gasteiger charge is -1.93.